The van der Waals surface area contributed by atoms with Crippen molar-refractivity contribution in [2.75, 3.05) is 4.72 Å². The quantitative estimate of drug-likeness (QED) is 0.795. The monoisotopic (exact) mass is 414 g/mol. The Bertz CT molecular complexity index is 747. The van der Waals surface area contributed by atoms with Gasteiger partial charge in [0.15, 0.2) is 0 Å². The molecule has 2 aromatic rings. The molecule has 0 fully saturated rings. The minimum atomic E-state index is -3.84. The second-order valence-corrected chi connectivity index (χ2v) is 8.40. The van der Waals surface area contributed by atoms with E-state index in [1.54, 1.807) is 12.1 Å². The van der Waals surface area contributed by atoms with Crippen LogP contribution in [0.15, 0.2) is 27.6 Å². The first-order valence-corrected chi connectivity index (χ1v) is 9.32. The highest BCUT2D eigenvalue weighted by atomic mass is 79.9. The van der Waals surface area contributed by atoms with Gasteiger partial charge in [0.05, 0.1) is 4.47 Å². The number of thiophene rings is 1. The highest BCUT2D eigenvalue weighted by Gasteiger charge is 2.26. The zero-order valence-electron chi connectivity index (χ0n) is 10.2. The van der Waals surface area contributed by atoms with Crippen molar-refractivity contribution in [2.45, 2.75) is 18.2 Å². The number of halogens is 3. The van der Waals surface area contributed by atoms with Crippen LogP contribution in [0.2, 0.25) is 8.67 Å². The normalized spacial score (nSPS) is 11.6. The number of hydrogen-bond donors (Lipinski definition) is 1. The SMILES string of the molecule is CCc1cccc(NS(=O)(=O)c2c(Cl)sc(Cl)c2Br)n1. The Balaban J connectivity index is 2.40. The first kappa shape index (κ1) is 16.0. The van der Waals surface area contributed by atoms with Gasteiger partial charge in [-0.2, -0.15) is 0 Å². The van der Waals surface area contributed by atoms with Gasteiger partial charge in [-0.05, 0) is 34.5 Å². The summed E-state index contributed by atoms with van der Waals surface area (Å²) in [5.74, 6) is 0.245. The highest BCUT2D eigenvalue weighted by molar-refractivity contribution is 9.10. The maximum atomic E-state index is 12.3. The molecule has 0 spiro atoms. The summed E-state index contributed by atoms with van der Waals surface area (Å²) in [6.45, 7) is 1.94. The minimum absolute atomic E-state index is 0.0714. The molecule has 0 amide bonds. The number of hydrogen-bond acceptors (Lipinski definition) is 4. The van der Waals surface area contributed by atoms with Crippen molar-refractivity contribution in [3.8, 4) is 0 Å². The van der Waals surface area contributed by atoms with Crippen LogP contribution in [0.5, 0.6) is 0 Å². The average Bonchev–Trinajstić information content (AvgIpc) is 2.63. The lowest BCUT2D eigenvalue weighted by molar-refractivity contribution is 0.601. The van der Waals surface area contributed by atoms with Crippen molar-refractivity contribution in [2.24, 2.45) is 0 Å². The van der Waals surface area contributed by atoms with Crippen LogP contribution in [0.4, 0.5) is 5.82 Å². The van der Waals surface area contributed by atoms with Crippen LogP contribution in [0.1, 0.15) is 12.6 Å². The molecule has 2 heterocycles. The molecule has 0 atom stereocenters. The summed E-state index contributed by atoms with van der Waals surface area (Å²) in [7, 11) is -3.84. The first-order chi connectivity index (χ1) is 9.35. The van der Waals surface area contributed by atoms with E-state index in [-0.39, 0.29) is 23.9 Å². The predicted octanol–water partition coefficient (Wildman–Crippen LogP) is 4.58. The average molecular weight is 416 g/mol. The molecule has 0 bridgehead atoms. The second-order valence-electron chi connectivity index (χ2n) is 3.77. The number of rotatable bonds is 4. The zero-order valence-corrected chi connectivity index (χ0v) is 14.9. The summed E-state index contributed by atoms with van der Waals surface area (Å²) in [4.78, 5) is 4.12. The third-order valence-corrected chi connectivity index (χ3v) is 7.22. The van der Waals surface area contributed by atoms with E-state index in [0.29, 0.717) is 6.42 Å². The molecular formula is C11H9BrCl2N2O2S2. The molecule has 0 radical (unpaired) electrons. The molecule has 108 valence electrons. The van der Waals surface area contributed by atoms with Crippen molar-refractivity contribution in [1.82, 2.24) is 4.98 Å². The molecule has 0 aromatic carbocycles. The predicted molar refractivity (Wildman–Crippen MR) is 86.5 cm³/mol. The Morgan fingerprint density at radius 3 is 2.60 bits per heavy atom. The van der Waals surface area contributed by atoms with Crippen molar-refractivity contribution in [3.63, 3.8) is 0 Å². The topological polar surface area (TPSA) is 59.1 Å². The van der Waals surface area contributed by atoms with E-state index in [1.807, 2.05) is 13.0 Å². The lowest BCUT2D eigenvalue weighted by Gasteiger charge is -2.08. The van der Waals surface area contributed by atoms with Crippen LogP contribution in [-0.2, 0) is 16.4 Å². The Labute approximate surface area is 139 Å². The molecule has 0 aliphatic carbocycles. The third kappa shape index (κ3) is 3.28. The summed E-state index contributed by atoms with van der Waals surface area (Å²) >= 11 is 15.9. The number of anilines is 1. The van der Waals surface area contributed by atoms with E-state index in [0.717, 1.165) is 17.0 Å². The third-order valence-electron chi connectivity index (χ3n) is 2.41. The lowest BCUT2D eigenvalue weighted by Crippen LogP contribution is -2.14. The Morgan fingerprint density at radius 2 is 2.05 bits per heavy atom. The summed E-state index contributed by atoms with van der Waals surface area (Å²) < 4.78 is 27.7. The van der Waals surface area contributed by atoms with E-state index in [1.165, 1.54) is 0 Å². The van der Waals surface area contributed by atoms with Crippen LogP contribution < -0.4 is 4.72 Å². The molecule has 0 saturated carbocycles. The minimum Gasteiger partial charge on any atom is -0.263 e. The lowest BCUT2D eigenvalue weighted by atomic mass is 10.3. The molecule has 0 aliphatic heterocycles. The molecule has 4 nitrogen and oxygen atoms in total. The van der Waals surface area contributed by atoms with E-state index in [2.05, 4.69) is 25.6 Å². The van der Waals surface area contributed by atoms with Gasteiger partial charge in [-0.1, -0.05) is 36.2 Å². The van der Waals surface area contributed by atoms with E-state index in [9.17, 15) is 8.42 Å². The number of aryl methyl sites for hydroxylation is 1. The zero-order chi connectivity index (χ0) is 14.9. The molecule has 0 saturated heterocycles. The largest absolute Gasteiger partial charge is 0.266 e. The van der Waals surface area contributed by atoms with Crippen molar-refractivity contribution < 1.29 is 8.42 Å². The molecule has 0 aliphatic rings. The van der Waals surface area contributed by atoms with Crippen LogP contribution in [0, 0.1) is 0 Å². The fraction of sp³-hybridized carbons (Fsp3) is 0.182. The second kappa shape index (κ2) is 6.19. The van der Waals surface area contributed by atoms with Crippen molar-refractivity contribution in [3.05, 3.63) is 37.0 Å². The van der Waals surface area contributed by atoms with Crippen molar-refractivity contribution in [1.29, 1.82) is 0 Å². The number of aromatic nitrogens is 1. The summed E-state index contributed by atoms with van der Waals surface area (Å²) in [5, 5.41) is 0. The summed E-state index contributed by atoms with van der Waals surface area (Å²) in [6, 6.07) is 5.13. The van der Waals surface area contributed by atoms with Gasteiger partial charge in [0.2, 0.25) is 0 Å². The molecule has 9 heteroatoms. The van der Waals surface area contributed by atoms with Gasteiger partial charge in [-0.15, -0.1) is 11.3 Å². The van der Waals surface area contributed by atoms with Gasteiger partial charge in [-0.25, -0.2) is 13.4 Å². The molecule has 2 aromatic heterocycles. The number of sulfonamides is 1. The first-order valence-electron chi connectivity index (χ1n) is 5.47. The van der Waals surface area contributed by atoms with Crippen LogP contribution in [0.25, 0.3) is 0 Å². The van der Waals surface area contributed by atoms with E-state index in [4.69, 9.17) is 23.2 Å². The number of nitrogens with zero attached hydrogens (tertiary/aromatic N) is 1. The standard InChI is InChI=1S/C11H9BrCl2N2O2S2/c1-2-6-4-3-5-7(15-6)16-20(17,18)9-8(12)10(13)19-11(9)14/h3-5H,2H2,1H3,(H,15,16). The van der Waals surface area contributed by atoms with E-state index >= 15 is 0 Å². The van der Waals surface area contributed by atoms with Crippen LogP contribution in [0.3, 0.4) is 0 Å². The maximum Gasteiger partial charge on any atom is 0.266 e. The molecule has 1 N–H and O–H groups in total. The summed E-state index contributed by atoms with van der Waals surface area (Å²) in [6.07, 6.45) is 0.713. The molecular weight excluding hydrogens is 407 g/mol. The van der Waals surface area contributed by atoms with Crippen LogP contribution in [-0.4, -0.2) is 13.4 Å². The Morgan fingerprint density at radius 1 is 1.35 bits per heavy atom. The highest BCUT2D eigenvalue weighted by Crippen LogP contribution is 2.43. The van der Waals surface area contributed by atoms with E-state index < -0.39 is 10.0 Å². The smallest absolute Gasteiger partial charge is 0.263 e. The van der Waals surface area contributed by atoms with Gasteiger partial charge in [-0.3, -0.25) is 4.72 Å². The number of pyridine rings is 1. The molecule has 0 unspecified atom stereocenters. The van der Waals surface area contributed by atoms with Gasteiger partial charge < -0.3 is 0 Å². The van der Waals surface area contributed by atoms with Gasteiger partial charge in [0.25, 0.3) is 10.0 Å². The molecule has 2 rings (SSSR count). The van der Waals surface area contributed by atoms with Gasteiger partial charge >= 0.3 is 0 Å². The Hall–Kier alpha value is -0.340. The van der Waals surface area contributed by atoms with Crippen LogP contribution >= 0.6 is 50.5 Å². The maximum absolute atomic E-state index is 12.3. The van der Waals surface area contributed by atoms with Gasteiger partial charge in [0, 0.05) is 5.69 Å². The fourth-order valence-electron chi connectivity index (χ4n) is 1.49. The fourth-order valence-corrected chi connectivity index (χ4v) is 6.05. The van der Waals surface area contributed by atoms with Crippen molar-refractivity contribution >= 4 is 66.3 Å². The Kier molecular flexibility index (Phi) is 4.96. The van der Waals surface area contributed by atoms with Gasteiger partial charge in [0.1, 0.15) is 19.4 Å². The molecule has 20 heavy (non-hydrogen) atoms. The summed E-state index contributed by atoms with van der Waals surface area (Å²) in [5.41, 5.74) is 0.790. The number of nitrogens with one attached hydrogen (secondary N) is 1.